The van der Waals surface area contributed by atoms with Crippen LogP contribution in [0.3, 0.4) is 0 Å². The van der Waals surface area contributed by atoms with E-state index in [9.17, 15) is 26.2 Å². The third-order valence-corrected chi connectivity index (χ3v) is 7.49. The van der Waals surface area contributed by atoms with Crippen molar-refractivity contribution >= 4 is 172 Å². The van der Waals surface area contributed by atoms with Crippen LogP contribution in [0.2, 0.25) is 0 Å². The quantitative estimate of drug-likeness (QED) is 0.253. The number of rotatable bonds is 8. The molecule has 32 heavy (non-hydrogen) atoms. The topological polar surface area (TPSA) is 121 Å². The van der Waals surface area contributed by atoms with Crippen molar-refractivity contribution in [3.05, 3.63) is 59.7 Å². The van der Waals surface area contributed by atoms with Gasteiger partial charge in [-0.25, -0.2) is 0 Å². The number of aryl methyl sites for hydroxylation is 1. The number of halogens is 3. The maximum Gasteiger partial charge on any atom is 0.416 e. The van der Waals surface area contributed by atoms with E-state index < -0.39 is 40.9 Å². The molecular formula is C17H18F3K3O7PS. The van der Waals surface area contributed by atoms with Crippen LogP contribution in [-0.2, 0) is 27.3 Å². The average molecular weight is 572 g/mol. The Morgan fingerprint density at radius 2 is 1.50 bits per heavy atom. The molecule has 3 N–H and O–H groups in total. The number of alkyl halides is 3. The van der Waals surface area contributed by atoms with E-state index in [0.29, 0.717) is 5.56 Å². The number of benzene rings is 2. The molecule has 2 aromatic rings. The first-order valence-corrected chi connectivity index (χ1v) is 11.4. The van der Waals surface area contributed by atoms with Crippen LogP contribution in [0, 0.1) is 0 Å². The minimum Gasteiger partial charge on any atom is -0.457 e. The van der Waals surface area contributed by atoms with Crippen LogP contribution in [0.25, 0.3) is 0 Å². The van der Waals surface area contributed by atoms with Crippen LogP contribution in [0.4, 0.5) is 13.2 Å². The minimum atomic E-state index is -5.05. The normalized spacial score (nSPS) is 12.6. The number of hydrogen-bond donors (Lipinski definition) is 3. The Morgan fingerprint density at radius 1 is 0.969 bits per heavy atom. The molecule has 7 nitrogen and oxygen atoms in total. The maximum atomic E-state index is 12.8. The van der Waals surface area contributed by atoms with Gasteiger partial charge in [0.15, 0.2) is 4.99 Å². The molecule has 0 spiro atoms. The summed E-state index contributed by atoms with van der Waals surface area (Å²) in [6.45, 7) is 0. The number of hydrogen-bond acceptors (Lipinski definition) is 4. The largest absolute Gasteiger partial charge is 0.457 e. The van der Waals surface area contributed by atoms with Gasteiger partial charge < -0.3 is 14.5 Å². The second-order valence-corrected chi connectivity index (χ2v) is 9.98. The first kappa shape index (κ1) is 37.2. The van der Waals surface area contributed by atoms with E-state index in [1.165, 1.54) is 24.3 Å². The van der Waals surface area contributed by atoms with Gasteiger partial charge in [0, 0.05) is 154 Å². The Bertz CT molecular complexity index is 1020. The summed E-state index contributed by atoms with van der Waals surface area (Å²) in [7, 11) is -9.97. The Hall–Kier alpha value is 3.00. The van der Waals surface area contributed by atoms with Crippen molar-refractivity contribution in [3.63, 3.8) is 0 Å². The molecule has 2 aromatic carbocycles. The first-order chi connectivity index (χ1) is 13.3. The van der Waals surface area contributed by atoms with Gasteiger partial charge in [0.1, 0.15) is 11.5 Å². The Balaban J connectivity index is 0. The van der Waals surface area contributed by atoms with Crippen molar-refractivity contribution in [1.82, 2.24) is 0 Å². The molecule has 0 aliphatic rings. The van der Waals surface area contributed by atoms with Gasteiger partial charge in [-0.1, -0.05) is 18.2 Å². The van der Waals surface area contributed by atoms with Crippen molar-refractivity contribution in [2.45, 2.75) is 30.4 Å². The van der Waals surface area contributed by atoms with E-state index in [2.05, 4.69) is 0 Å². The first-order valence-electron chi connectivity index (χ1n) is 8.22. The smallest absolute Gasteiger partial charge is 0.416 e. The van der Waals surface area contributed by atoms with Crippen LogP contribution in [0.5, 0.6) is 11.5 Å². The molecule has 0 saturated heterocycles. The summed E-state index contributed by atoms with van der Waals surface area (Å²) >= 11 is 0. The van der Waals surface area contributed by atoms with Crippen molar-refractivity contribution in [3.8, 4) is 11.5 Å². The summed E-state index contributed by atoms with van der Waals surface area (Å²) in [5.41, 5.74) is -0.255. The van der Waals surface area contributed by atoms with Gasteiger partial charge in [-0.2, -0.15) is 21.6 Å². The van der Waals surface area contributed by atoms with Gasteiger partial charge in [0.25, 0.3) is 10.1 Å². The summed E-state index contributed by atoms with van der Waals surface area (Å²) < 4.78 is 86.2. The van der Waals surface area contributed by atoms with Crippen molar-refractivity contribution in [2.75, 3.05) is 0 Å². The van der Waals surface area contributed by atoms with Crippen LogP contribution >= 0.6 is 7.60 Å². The molecule has 1 atom stereocenters. The summed E-state index contributed by atoms with van der Waals surface area (Å²) in [6, 6.07) is 10.6. The third-order valence-electron chi connectivity index (χ3n) is 3.93. The van der Waals surface area contributed by atoms with Gasteiger partial charge in [0.2, 0.25) is 0 Å². The molecule has 1 unspecified atom stereocenters. The van der Waals surface area contributed by atoms with E-state index in [1.807, 2.05) is 0 Å². The second kappa shape index (κ2) is 16.1. The minimum absolute atomic E-state index is 0. The zero-order valence-electron chi connectivity index (χ0n) is 17.8. The van der Waals surface area contributed by atoms with E-state index in [1.54, 1.807) is 12.1 Å². The van der Waals surface area contributed by atoms with Gasteiger partial charge in [-0.3, -0.25) is 9.12 Å². The third kappa shape index (κ3) is 13.0. The molecule has 0 heterocycles. The second-order valence-electron chi connectivity index (χ2n) is 6.23. The van der Waals surface area contributed by atoms with Crippen LogP contribution < -0.4 is 4.74 Å². The maximum absolute atomic E-state index is 12.8. The molecule has 15 heteroatoms. The van der Waals surface area contributed by atoms with Crippen molar-refractivity contribution in [2.24, 2.45) is 0 Å². The molecule has 0 saturated carbocycles. The summed E-state index contributed by atoms with van der Waals surface area (Å²) in [5.74, 6) is 0.216. The van der Waals surface area contributed by atoms with Gasteiger partial charge in [-0.05, 0) is 55.2 Å². The summed E-state index contributed by atoms with van der Waals surface area (Å²) in [6.07, 6.45) is -4.75. The predicted molar refractivity (Wildman–Crippen MR) is 116 cm³/mol. The monoisotopic (exact) mass is 571 g/mol. The molecular weight excluding hydrogens is 554 g/mol. The molecule has 0 aliphatic heterocycles. The average Bonchev–Trinajstić information content (AvgIpc) is 2.56. The van der Waals surface area contributed by atoms with Gasteiger partial charge >= 0.3 is 13.8 Å². The molecule has 0 amide bonds. The van der Waals surface area contributed by atoms with Gasteiger partial charge in [0.05, 0.1) is 5.56 Å². The molecule has 163 valence electrons. The van der Waals surface area contributed by atoms with E-state index >= 15 is 0 Å². The standard InChI is InChI=1S/C17H18F3O7PS.3K/c18-17(19,20)13-6-3-8-15(11-13)27-14-7-1-4-12(10-14)5-2-9-16(28(21,22)23)29(24,25)26;;;/h1,3-4,6-8,10-11,16H,2,5,9H2,(H2,21,22,23)(H,24,25,26);;;. The predicted octanol–water partition coefficient (Wildman–Crippen LogP) is 3.07. The Labute approximate surface area is 311 Å². The number of ether oxygens (including phenoxy) is 1. The van der Waals surface area contributed by atoms with Crippen molar-refractivity contribution in [1.29, 1.82) is 0 Å². The van der Waals surface area contributed by atoms with Crippen LogP contribution in [-0.4, -0.2) is 182 Å². The fourth-order valence-electron chi connectivity index (χ4n) is 2.61. The van der Waals surface area contributed by atoms with Crippen LogP contribution in [0.1, 0.15) is 24.0 Å². The molecule has 0 aromatic heterocycles. The summed E-state index contributed by atoms with van der Waals surface area (Å²) in [5, 5.41) is 0. The van der Waals surface area contributed by atoms with Crippen molar-refractivity contribution < 1.29 is 45.2 Å². The molecule has 0 bridgehead atoms. The molecule has 0 aliphatic carbocycles. The van der Waals surface area contributed by atoms with Gasteiger partial charge in [-0.15, -0.1) is 0 Å². The summed E-state index contributed by atoms with van der Waals surface area (Å²) in [4.78, 5) is 15.9. The molecule has 2 rings (SSSR count). The Kier molecular flexibility index (Phi) is 18.7. The SMILES string of the molecule is O=P(O)(O)C(CCCc1cccc(Oc2cccc(C(F)(F)F)c2)c1)S(=O)(=O)O.[K].[K].[K]. The fourth-order valence-corrected chi connectivity index (χ4v) is 4.98. The van der Waals surface area contributed by atoms with Crippen LogP contribution in [0.15, 0.2) is 48.5 Å². The van der Waals surface area contributed by atoms with E-state index in [0.717, 1.165) is 12.1 Å². The Morgan fingerprint density at radius 3 is 2.00 bits per heavy atom. The molecule has 0 fully saturated rings. The molecule has 3 radical (unpaired) electrons. The van der Waals surface area contributed by atoms with E-state index in [-0.39, 0.29) is 178 Å². The van der Waals surface area contributed by atoms with E-state index in [4.69, 9.17) is 19.1 Å². The fraction of sp³-hybridized carbons (Fsp3) is 0.294. The zero-order valence-corrected chi connectivity index (χ0v) is 28.9. The zero-order chi connectivity index (χ0) is 21.9.